The van der Waals surface area contributed by atoms with Gasteiger partial charge in [0, 0.05) is 31.8 Å². The highest BCUT2D eigenvalue weighted by Gasteiger charge is 2.53. The molecule has 0 aromatic rings. The maximum absolute atomic E-state index is 13.2. The molecule has 2 saturated heterocycles. The van der Waals surface area contributed by atoms with Crippen LogP contribution in [-0.2, 0) is 9.59 Å². The minimum atomic E-state index is -0.273. The van der Waals surface area contributed by atoms with Crippen molar-refractivity contribution in [3.8, 4) is 0 Å². The Kier molecular flexibility index (Phi) is 6.59. The highest BCUT2D eigenvalue weighted by atomic mass is 32.2. The standard InChI is InChI=1S/C18H33N3O2S/c1-6-19(7-2)10-11-20(12-14(3)4)17(23)15-13-24-18(5)9-8-16(22)21(15)18/h14-15H,6-13H2,1-5H3. The molecular weight excluding hydrogens is 322 g/mol. The molecule has 0 radical (unpaired) electrons. The van der Waals surface area contributed by atoms with Gasteiger partial charge in [0.2, 0.25) is 11.8 Å². The molecule has 138 valence electrons. The zero-order valence-corrected chi connectivity index (χ0v) is 16.7. The number of rotatable bonds is 8. The van der Waals surface area contributed by atoms with E-state index in [-0.39, 0.29) is 22.7 Å². The molecule has 0 aliphatic carbocycles. The Labute approximate surface area is 151 Å². The molecule has 2 rings (SSSR count). The highest BCUT2D eigenvalue weighted by molar-refractivity contribution is 8.01. The number of fused-ring (bicyclic) bond motifs is 1. The normalized spacial score (nSPS) is 26.5. The van der Waals surface area contributed by atoms with Crippen LogP contribution in [0.15, 0.2) is 0 Å². The van der Waals surface area contributed by atoms with Crippen molar-refractivity contribution in [2.24, 2.45) is 5.92 Å². The summed E-state index contributed by atoms with van der Waals surface area (Å²) in [7, 11) is 0. The summed E-state index contributed by atoms with van der Waals surface area (Å²) in [5, 5.41) is 0. The number of carbonyl (C=O) groups excluding carboxylic acids is 2. The van der Waals surface area contributed by atoms with Gasteiger partial charge >= 0.3 is 0 Å². The summed E-state index contributed by atoms with van der Waals surface area (Å²) in [5.74, 6) is 1.46. The lowest BCUT2D eigenvalue weighted by Crippen LogP contribution is -2.53. The van der Waals surface area contributed by atoms with Crippen LogP contribution in [0.1, 0.15) is 47.5 Å². The van der Waals surface area contributed by atoms with E-state index in [9.17, 15) is 9.59 Å². The molecule has 0 spiro atoms. The molecule has 2 heterocycles. The van der Waals surface area contributed by atoms with Gasteiger partial charge in [-0.15, -0.1) is 11.8 Å². The summed E-state index contributed by atoms with van der Waals surface area (Å²) >= 11 is 1.77. The van der Waals surface area contributed by atoms with Gasteiger partial charge in [0.25, 0.3) is 0 Å². The molecule has 2 aliphatic heterocycles. The van der Waals surface area contributed by atoms with Gasteiger partial charge in [-0.1, -0.05) is 27.7 Å². The quantitative estimate of drug-likeness (QED) is 0.670. The van der Waals surface area contributed by atoms with Crippen LogP contribution < -0.4 is 0 Å². The summed E-state index contributed by atoms with van der Waals surface area (Å²) in [6.45, 7) is 15.1. The van der Waals surface area contributed by atoms with Crippen molar-refractivity contribution in [1.82, 2.24) is 14.7 Å². The molecule has 0 N–H and O–H groups in total. The van der Waals surface area contributed by atoms with Crippen molar-refractivity contribution >= 4 is 23.6 Å². The smallest absolute Gasteiger partial charge is 0.246 e. The Morgan fingerprint density at radius 2 is 2.00 bits per heavy atom. The van der Waals surface area contributed by atoms with Gasteiger partial charge in [0.1, 0.15) is 6.04 Å². The van der Waals surface area contributed by atoms with Gasteiger partial charge in [0.05, 0.1) is 4.87 Å². The van der Waals surface area contributed by atoms with Crippen LogP contribution in [0.2, 0.25) is 0 Å². The topological polar surface area (TPSA) is 43.9 Å². The van der Waals surface area contributed by atoms with Crippen molar-refractivity contribution in [1.29, 1.82) is 0 Å². The fourth-order valence-corrected chi connectivity index (χ4v) is 5.17. The lowest BCUT2D eigenvalue weighted by Gasteiger charge is -2.34. The highest BCUT2D eigenvalue weighted by Crippen LogP contribution is 2.47. The van der Waals surface area contributed by atoms with Crippen LogP contribution in [0, 0.1) is 5.92 Å². The van der Waals surface area contributed by atoms with Gasteiger partial charge in [-0.05, 0) is 32.4 Å². The largest absolute Gasteiger partial charge is 0.339 e. The second-order valence-electron chi connectivity index (χ2n) is 7.47. The summed E-state index contributed by atoms with van der Waals surface area (Å²) in [4.78, 5) is 31.6. The van der Waals surface area contributed by atoms with Crippen LogP contribution in [-0.4, -0.2) is 75.9 Å². The van der Waals surface area contributed by atoms with E-state index < -0.39 is 0 Å². The summed E-state index contributed by atoms with van der Waals surface area (Å²) in [6.07, 6.45) is 1.45. The SMILES string of the molecule is CCN(CC)CCN(CC(C)C)C(=O)C1CSC2(C)CCC(=O)N12. The minimum absolute atomic E-state index is 0.141. The first kappa shape index (κ1) is 19.6. The first-order valence-corrected chi connectivity index (χ1v) is 10.3. The lowest BCUT2D eigenvalue weighted by atomic mass is 10.1. The summed E-state index contributed by atoms with van der Waals surface area (Å²) in [5.41, 5.74) is 0. The molecule has 0 bridgehead atoms. The second-order valence-corrected chi connectivity index (χ2v) is 8.97. The van der Waals surface area contributed by atoms with Gasteiger partial charge < -0.3 is 14.7 Å². The van der Waals surface area contributed by atoms with Crippen molar-refractivity contribution in [2.45, 2.75) is 58.4 Å². The number of hydrogen-bond acceptors (Lipinski definition) is 4. The van der Waals surface area contributed by atoms with Crippen molar-refractivity contribution in [2.75, 3.05) is 38.5 Å². The second kappa shape index (κ2) is 8.09. The first-order valence-electron chi connectivity index (χ1n) is 9.29. The van der Waals surface area contributed by atoms with Gasteiger partial charge in [0.15, 0.2) is 0 Å². The number of likely N-dealkylation sites (N-methyl/N-ethyl adjacent to an activating group) is 1. The van der Waals surface area contributed by atoms with E-state index in [0.717, 1.165) is 44.9 Å². The van der Waals surface area contributed by atoms with Gasteiger partial charge in [-0.25, -0.2) is 0 Å². The third-order valence-corrected chi connectivity index (χ3v) is 6.71. The molecule has 0 saturated carbocycles. The van der Waals surface area contributed by atoms with E-state index in [2.05, 4.69) is 39.5 Å². The number of carbonyl (C=O) groups is 2. The van der Waals surface area contributed by atoms with Crippen molar-refractivity contribution < 1.29 is 9.59 Å². The zero-order chi connectivity index (χ0) is 17.9. The molecule has 0 aromatic heterocycles. The van der Waals surface area contributed by atoms with Crippen LogP contribution in [0.25, 0.3) is 0 Å². The minimum Gasteiger partial charge on any atom is -0.339 e. The van der Waals surface area contributed by atoms with Crippen LogP contribution in [0.4, 0.5) is 0 Å². The van der Waals surface area contributed by atoms with Crippen molar-refractivity contribution in [3.63, 3.8) is 0 Å². The van der Waals surface area contributed by atoms with E-state index in [4.69, 9.17) is 0 Å². The average molecular weight is 356 g/mol. The number of nitrogens with zero attached hydrogens (tertiary/aromatic N) is 3. The third-order valence-electron chi connectivity index (χ3n) is 5.21. The fourth-order valence-electron chi connectivity index (χ4n) is 3.75. The van der Waals surface area contributed by atoms with Gasteiger partial charge in [-0.2, -0.15) is 0 Å². The molecule has 0 aromatic carbocycles. The molecule has 24 heavy (non-hydrogen) atoms. The third kappa shape index (κ3) is 4.07. The maximum Gasteiger partial charge on any atom is 0.246 e. The van der Waals surface area contributed by atoms with E-state index in [1.165, 1.54) is 0 Å². The van der Waals surface area contributed by atoms with Crippen LogP contribution >= 0.6 is 11.8 Å². The molecule has 2 unspecified atom stereocenters. The Balaban J connectivity index is 2.08. The van der Waals surface area contributed by atoms with E-state index >= 15 is 0 Å². The lowest BCUT2D eigenvalue weighted by molar-refractivity contribution is -0.144. The molecule has 2 atom stereocenters. The zero-order valence-electron chi connectivity index (χ0n) is 15.9. The fraction of sp³-hybridized carbons (Fsp3) is 0.889. The first-order chi connectivity index (χ1) is 11.3. The van der Waals surface area contributed by atoms with E-state index in [0.29, 0.717) is 12.3 Å². The molecule has 2 aliphatic rings. The Hall–Kier alpha value is -0.750. The number of hydrogen-bond donors (Lipinski definition) is 0. The molecular formula is C18H33N3O2S. The predicted octanol–water partition coefficient (Wildman–Crippen LogP) is 2.27. The number of amides is 2. The van der Waals surface area contributed by atoms with E-state index in [1.807, 2.05) is 9.80 Å². The van der Waals surface area contributed by atoms with Crippen molar-refractivity contribution in [3.05, 3.63) is 0 Å². The molecule has 2 fully saturated rings. The Bertz CT molecular complexity index is 467. The average Bonchev–Trinajstić information content (AvgIpc) is 3.03. The molecule has 2 amide bonds. The van der Waals surface area contributed by atoms with E-state index in [1.54, 1.807) is 11.8 Å². The molecule has 5 nitrogen and oxygen atoms in total. The Morgan fingerprint density at radius 3 is 2.58 bits per heavy atom. The predicted molar refractivity (Wildman–Crippen MR) is 99.9 cm³/mol. The molecule has 6 heteroatoms. The summed E-state index contributed by atoms with van der Waals surface area (Å²) in [6, 6.07) is -0.273. The van der Waals surface area contributed by atoms with Crippen LogP contribution in [0.3, 0.4) is 0 Å². The number of thioether (sulfide) groups is 1. The maximum atomic E-state index is 13.2. The van der Waals surface area contributed by atoms with Crippen LogP contribution in [0.5, 0.6) is 0 Å². The summed E-state index contributed by atoms with van der Waals surface area (Å²) < 4.78 is 0. The van der Waals surface area contributed by atoms with Gasteiger partial charge in [-0.3, -0.25) is 9.59 Å². The monoisotopic (exact) mass is 355 g/mol. The Morgan fingerprint density at radius 1 is 1.33 bits per heavy atom.